The molecule has 0 saturated carbocycles. The summed E-state index contributed by atoms with van der Waals surface area (Å²) in [5.74, 6) is 0. The number of hydrogen-bond donors (Lipinski definition) is 1. The minimum absolute atomic E-state index is 0.570. The van der Waals surface area contributed by atoms with E-state index < -0.39 is 0 Å². The molecule has 3 nitrogen and oxygen atoms in total. The van der Waals surface area contributed by atoms with E-state index in [1.54, 1.807) is 11.3 Å². The predicted molar refractivity (Wildman–Crippen MR) is 59.4 cm³/mol. The molecule has 2 rings (SSSR count). The summed E-state index contributed by atoms with van der Waals surface area (Å²) in [4.78, 5) is 6.97. The van der Waals surface area contributed by atoms with Crippen molar-refractivity contribution in [2.24, 2.45) is 5.73 Å². The lowest BCUT2D eigenvalue weighted by atomic mass is 10.4. The second-order valence-electron chi connectivity index (χ2n) is 3.74. The Bertz CT molecular complexity index is 279. The predicted octanol–water partition coefficient (Wildman–Crippen LogP) is 1.24. The first-order valence-electron chi connectivity index (χ1n) is 5.24. The lowest BCUT2D eigenvalue weighted by molar-refractivity contribution is 0.343. The smallest absolute Gasteiger partial charge is 0.0941 e. The largest absolute Gasteiger partial charge is 0.325 e. The highest BCUT2D eigenvalue weighted by Crippen LogP contribution is 2.12. The van der Waals surface area contributed by atoms with Crippen LogP contribution >= 0.6 is 11.3 Å². The quantitative estimate of drug-likeness (QED) is 0.815. The third-order valence-corrected chi connectivity index (χ3v) is 3.61. The van der Waals surface area contributed by atoms with E-state index in [2.05, 4.69) is 15.3 Å². The molecular formula is C10H17N3S. The molecule has 78 valence electrons. The number of hydrogen-bond acceptors (Lipinski definition) is 4. The summed E-state index contributed by atoms with van der Waals surface area (Å²) in [6, 6.07) is 0. The summed E-state index contributed by atoms with van der Waals surface area (Å²) in [5, 5.41) is 3.30. The van der Waals surface area contributed by atoms with Crippen LogP contribution in [0.1, 0.15) is 23.5 Å². The zero-order chi connectivity index (χ0) is 9.80. The van der Waals surface area contributed by atoms with Gasteiger partial charge in [0.1, 0.15) is 0 Å². The van der Waals surface area contributed by atoms with Crippen molar-refractivity contribution in [3.8, 4) is 0 Å². The Balaban J connectivity index is 1.79. The zero-order valence-electron chi connectivity index (χ0n) is 8.41. The summed E-state index contributed by atoms with van der Waals surface area (Å²) in [5.41, 5.74) is 6.55. The van der Waals surface area contributed by atoms with Crippen molar-refractivity contribution in [1.82, 2.24) is 9.88 Å². The maximum atomic E-state index is 5.52. The second-order valence-corrected chi connectivity index (χ2v) is 4.68. The third kappa shape index (κ3) is 2.53. The van der Waals surface area contributed by atoms with Crippen LogP contribution in [-0.2, 0) is 13.0 Å². The Morgan fingerprint density at radius 3 is 2.86 bits per heavy atom. The van der Waals surface area contributed by atoms with Gasteiger partial charge in [-0.05, 0) is 25.9 Å². The van der Waals surface area contributed by atoms with E-state index in [1.807, 2.05) is 0 Å². The van der Waals surface area contributed by atoms with Crippen LogP contribution in [0, 0.1) is 0 Å². The van der Waals surface area contributed by atoms with Crippen molar-refractivity contribution in [2.45, 2.75) is 25.8 Å². The molecule has 0 aromatic carbocycles. The molecule has 0 spiro atoms. The van der Waals surface area contributed by atoms with Gasteiger partial charge in [-0.25, -0.2) is 4.98 Å². The molecule has 2 heterocycles. The molecular weight excluding hydrogens is 194 g/mol. The fraction of sp³-hybridized carbons (Fsp3) is 0.700. The highest BCUT2D eigenvalue weighted by Gasteiger charge is 2.11. The highest BCUT2D eigenvalue weighted by molar-refractivity contribution is 7.09. The van der Waals surface area contributed by atoms with E-state index in [-0.39, 0.29) is 0 Å². The van der Waals surface area contributed by atoms with Gasteiger partial charge in [0, 0.05) is 24.9 Å². The van der Waals surface area contributed by atoms with E-state index in [0.29, 0.717) is 6.54 Å². The SMILES string of the molecule is NCc1csc(CCN2CCCC2)n1. The van der Waals surface area contributed by atoms with Crippen LogP contribution in [-0.4, -0.2) is 29.5 Å². The molecule has 0 atom stereocenters. The molecule has 0 amide bonds. The summed E-state index contributed by atoms with van der Waals surface area (Å²) in [6.45, 7) is 4.28. The molecule has 1 fully saturated rings. The minimum atomic E-state index is 0.570. The lowest BCUT2D eigenvalue weighted by Crippen LogP contribution is -2.21. The zero-order valence-corrected chi connectivity index (χ0v) is 9.22. The highest BCUT2D eigenvalue weighted by atomic mass is 32.1. The van der Waals surface area contributed by atoms with E-state index in [4.69, 9.17) is 5.73 Å². The molecule has 1 saturated heterocycles. The van der Waals surface area contributed by atoms with E-state index in [0.717, 1.165) is 18.7 Å². The number of nitrogens with two attached hydrogens (primary N) is 1. The van der Waals surface area contributed by atoms with Crippen LogP contribution in [0.15, 0.2) is 5.38 Å². The maximum Gasteiger partial charge on any atom is 0.0941 e. The van der Waals surface area contributed by atoms with Crippen LogP contribution < -0.4 is 5.73 Å². The first-order chi connectivity index (χ1) is 6.88. The second kappa shape index (κ2) is 4.87. The van der Waals surface area contributed by atoms with Gasteiger partial charge in [0.05, 0.1) is 10.7 Å². The fourth-order valence-corrected chi connectivity index (χ4v) is 2.62. The van der Waals surface area contributed by atoms with Gasteiger partial charge in [0.25, 0.3) is 0 Å². The first kappa shape index (κ1) is 10.1. The van der Waals surface area contributed by atoms with Crippen LogP contribution in [0.5, 0.6) is 0 Å². The number of thiazole rings is 1. The van der Waals surface area contributed by atoms with Gasteiger partial charge in [0.2, 0.25) is 0 Å². The number of nitrogens with zero attached hydrogens (tertiary/aromatic N) is 2. The van der Waals surface area contributed by atoms with E-state index in [9.17, 15) is 0 Å². The average Bonchev–Trinajstić information content (AvgIpc) is 2.86. The van der Waals surface area contributed by atoms with Gasteiger partial charge in [-0.2, -0.15) is 0 Å². The molecule has 1 aromatic rings. The van der Waals surface area contributed by atoms with Gasteiger partial charge >= 0.3 is 0 Å². The standard InChI is InChI=1S/C10H17N3S/c11-7-9-8-14-10(12-9)3-6-13-4-1-2-5-13/h8H,1-7,11H2. The summed E-state index contributed by atoms with van der Waals surface area (Å²) in [6.07, 6.45) is 3.82. The topological polar surface area (TPSA) is 42.1 Å². The lowest BCUT2D eigenvalue weighted by Gasteiger charge is -2.12. The minimum Gasteiger partial charge on any atom is -0.325 e. The molecule has 2 N–H and O–H groups in total. The van der Waals surface area contributed by atoms with Crippen molar-refractivity contribution >= 4 is 11.3 Å². The molecule has 1 aliphatic rings. The molecule has 1 aliphatic heterocycles. The Kier molecular flexibility index (Phi) is 3.50. The van der Waals surface area contributed by atoms with Gasteiger partial charge in [-0.3, -0.25) is 0 Å². The van der Waals surface area contributed by atoms with Gasteiger partial charge < -0.3 is 10.6 Å². The summed E-state index contributed by atoms with van der Waals surface area (Å²) in [7, 11) is 0. The van der Waals surface area contributed by atoms with E-state index >= 15 is 0 Å². The average molecular weight is 211 g/mol. The Labute approximate surface area is 88.9 Å². The van der Waals surface area contributed by atoms with Crippen molar-refractivity contribution in [1.29, 1.82) is 0 Å². The first-order valence-corrected chi connectivity index (χ1v) is 6.12. The molecule has 0 radical (unpaired) electrons. The Morgan fingerprint density at radius 2 is 2.21 bits per heavy atom. The van der Waals surface area contributed by atoms with Gasteiger partial charge in [-0.1, -0.05) is 0 Å². The molecule has 0 aliphatic carbocycles. The molecule has 14 heavy (non-hydrogen) atoms. The summed E-state index contributed by atoms with van der Waals surface area (Å²) >= 11 is 1.74. The molecule has 0 bridgehead atoms. The third-order valence-electron chi connectivity index (χ3n) is 2.65. The maximum absolute atomic E-state index is 5.52. The van der Waals surface area contributed by atoms with Crippen molar-refractivity contribution in [3.05, 3.63) is 16.1 Å². The fourth-order valence-electron chi connectivity index (χ4n) is 1.82. The molecule has 4 heteroatoms. The van der Waals surface area contributed by atoms with Gasteiger partial charge in [-0.15, -0.1) is 11.3 Å². The number of likely N-dealkylation sites (tertiary alicyclic amines) is 1. The Morgan fingerprint density at radius 1 is 1.43 bits per heavy atom. The normalized spacial score (nSPS) is 17.8. The van der Waals surface area contributed by atoms with E-state index in [1.165, 1.54) is 30.9 Å². The van der Waals surface area contributed by atoms with Crippen LogP contribution in [0.25, 0.3) is 0 Å². The summed E-state index contributed by atoms with van der Waals surface area (Å²) < 4.78 is 0. The van der Waals surface area contributed by atoms with Crippen molar-refractivity contribution in [2.75, 3.05) is 19.6 Å². The van der Waals surface area contributed by atoms with Crippen LogP contribution in [0.4, 0.5) is 0 Å². The number of rotatable bonds is 4. The van der Waals surface area contributed by atoms with Gasteiger partial charge in [0.15, 0.2) is 0 Å². The Hall–Kier alpha value is -0.450. The number of aromatic nitrogens is 1. The van der Waals surface area contributed by atoms with Crippen LogP contribution in [0.2, 0.25) is 0 Å². The molecule has 0 unspecified atom stereocenters. The molecule has 1 aromatic heterocycles. The monoisotopic (exact) mass is 211 g/mol. The van der Waals surface area contributed by atoms with Crippen LogP contribution in [0.3, 0.4) is 0 Å². The van der Waals surface area contributed by atoms with Crippen molar-refractivity contribution in [3.63, 3.8) is 0 Å². The van der Waals surface area contributed by atoms with Crippen molar-refractivity contribution < 1.29 is 0 Å².